The van der Waals surface area contributed by atoms with Crippen LogP contribution < -0.4 is 20.4 Å². The molecule has 1 atom stereocenters. The molecule has 2 aromatic carbocycles. The van der Waals surface area contributed by atoms with Gasteiger partial charge in [-0.25, -0.2) is 27.5 Å². The van der Waals surface area contributed by atoms with E-state index in [1.165, 1.54) is 6.92 Å². The lowest BCUT2D eigenvalue weighted by Crippen LogP contribution is -2.38. The first kappa shape index (κ1) is 42.3. The maximum atomic E-state index is 15.5. The summed E-state index contributed by atoms with van der Waals surface area (Å²) < 4.78 is 71.9. The predicted octanol–water partition coefficient (Wildman–Crippen LogP) is 8.10. The van der Waals surface area contributed by atoms with Crippen LogP contribution in [0.25, 0.3) is 22.3 Å². The zero-order chi connectivity index (χ0) is 41.5. The van der Waals surface area contributed by atoms with Gasteiger partial charge < -0.3 is 34.6 Å². The molecule has 0 saturated carbocycles. The van der Waals surface area contributed by atoms with Crippen LogP contribution >= 0.6 is 23.2 Å². The molecule has 18 heteroatoms. The number of benzene rings is 2. The number of fused-ring (bicyclic) bond motifs is 1. The molecule has 0 spiro atoms. The van der Waals surface area contributed by atoms with E-state index in [-0.39, 0.29) is 28.2 Å². The second-order valence-corrected chi connectivity index (χ2v) is 13.9. The largest absolute Gasteiger partial charge is 0.465 e. The zero-order valence-electron chi connectivity index (χ0n) is 31.7. The standard InChI is InChI=1S/C28H27ClF2N6O2.C12H12ClF2NO3/c1-17-25(21-4-2-3-5-32-21)35-27-23(19(30)15-20(31)24(27)29)26(17)34-22-14-18(36-6-10-38-11-7-36)16-33-28(22)37-8-12-39-13-9-37;1-3-19-12(18)6(2)11(17)16-9-5-7(14)4-8(15)10(9)13/h2-5,14-16H,6-13H2,1H3,(H,34,35);4-6H,3H2,1-2H3,(H,16,17). The van der Waals surface area contributed by atoms with Crippen molar-refractivity contribution in [2.75, 3.05) is 79.6 Å². The van der Waals surface area contributed by atoms with Crippen molar-refractivity contribution in [3.05, 3.63) is 93.7 Å². The number of hydrogen-bond acceptors (Lipinski definition) is 11. The Balaban J connectivity index is 0.000000252. The van der Waals surface area contributed by atoms with Crippen LogP contribution in [0.1, 0.15) is 19.4 Å². The fourth-order valence-corrected chi connectivity index (χ4v) is 6.64. The fraction of sp³-hybridized carbons (Fsp3) is 0.325. The minimum atomic E-state index is -1.11. The van der Waals surface area contributed by atoms with E-state index < -0.39 is 46.1 Å². The number of hydrogen-bond donors (Lipinski definition) is 2. The molecule has 2 fully saturated rings. The topological polar surface area (TPSA) is 131 Å². The molecule has 2 saturated heterocycles. The van der Waals surface area contributed by atoms with E-state index >= 15 is 4.39 Å². The summed E-state index contributed by atoms with van der Waals surface area (Å²) in [5.41, 5.74) is 3.50. The maximum absolute atomic E-state index is 15.5. The molecule has 5 heterocycles. The Hall–Kier alpha value is -5.29. The van der Waals surface area contributed by atoms with Crippen molar-refractivity contribution in [2.24, 2.45) is 5.92 Å². The van der Waals surface area contributed by atoms with Crippen molar-refractivity contribution in [1.82, 2.24) is 15.0 Å². The second-order valence-electron chi connectivity index (χ2n) is 13.2. The molecule has 3 aromatic heterocycles. The Bertz CT molecular complexity index is 2300. The Morgan fingerprint density at radius 2 is 1.55 bits per heavy atom. The molecule has 0 aliphatic carbocycles. The third-order valence-corrected chi connectivity index (χ3v) is 10.1. The number of pyridine rings is 3. The number of anilines is 5. The number of carbonyl (C=O) groups excluding carboxylic acids is 2. The molecule has 1 amide bonds. The van der Waals surface area contributed by atoms with E-state index in [1.807, 2.05) is 25.3 Å². The summed E-state index contributed by atoms with van der Waals surface area (Å²) in [5, 5.41) is 5.07. The molecule has 306 valence electrons. The number of carbonyl (C=O) groups is 2. The van der Waals surface area contributed by atoms with Crippen molar-refractivity contribution in [2.45, 2.75) is 20.8 Å². The van der Waals surface area contributed by atoms with Crippen LogP contribution in [0.2, 0.25) is 10.0 Å². The molecule has 0 bridgehead atoms. The number of ether oxygens (including phenoxy) is 3. The van der Waals surface area contributed by atoms with Gasteiger partial charge in [-0.3, -0.25) is 14.6 Å². The van der Waals surface area contributed by atoms with Gasteiger partial charge in [-0.1, -0.05) is 29.3 Å². The zero-order valence-corrected chi connectivity index (χ0v) is 33.2. The van der Waals surface area contributed by atoms with E-state index in [1.54, 1.807) is 25.3 Å². The van der Waals surface area contributed by atoms with Gasteiger partial charge in [0.1, 0.15) is 39.2 Å². The number of esters is 1. The third-order valence-electron chi connectivity index (χ3n) is 9.34. The summed E-state index contributed by atoms with van der Waals surface area (Å²) in [6, 6.07) is 9.69. The highest BCUT2D eigenvalue weighted by Gasteiger charge is 2.26. The van der Waals surface area contributed by atoms with Gasteiger partial charge in [0.2, 0.25) is 5.91 Å². The SMILES string of the molecule is CCOC(=O)C(C)C(=O)Nc1cc(F)cc(F)c1Cl.Cc1c(-c2ccccn2)nc2c(Cl)c(F)cc(F)c2c1Nc1cc(N2CCOCC2)cnc1N1CCOCC1. The van der Waals surface area contributed by atoms with Gasteiger partial charge in [-0.05, 0) is 45.0 Å². The first-order valence-electron chi connectivity index (χ1n) is 18.3. The van der Waals surface area contributed by atoms with E-state index in [9.17, 15) is 22.8 Å². The maximum Gasteiger partial charge on any atom is 0.318 e. The monoisotopic (exact) mass is 843 g/mol. The van der Waals surface area contributed by atoms with Crippen molar-refractivity contribution in [1.29, 1.82) is 0 Å². The molecule has 5 aromatic rings. The van der Waals surface area contributed by atoms with Crippen LogP contribution in [0.4, 0.5) is 46.1 Å². The highest BCUT2D eigenvalue weighted by molar-refractivity contribution is 6.36. The van der Waals surface area contributed by atoms with Gasteiger partial charge in [0.05, 0.1) is 84.3 Å². The lowest BCUT2D eigenvalue weighted by molar-refractivity contribution is -0.150. The molecular formula is C40H39Cl2F4N7O5. The van der Waals surface area contributed by atoms with Gasteiger partial charge in [0.15, 0.2) is 5.82 Å². The predicted molar refractivity (Wildman–Crippen MR) is 214 cm³/mol. The van der Waals surface area contributed by atoms with Gasteiger partial charge >= 0.3 is 5.97 Å². The summed E-state index contributed by atoms with van der Waals surface area (Å²) >= 11 is 11.9. The van der Waals surface area contributed by atoms with Crippen molar-refractivity contribution in [3.8, 4) is 11.4 Å². The lowest BCUT2D eigenvalue weighted by atomic mass is 10.0. The first-order chi connectivity index (χ1) is 27.9. The quantitative estimate of drug-likeness (QED) is 0.0646. The lowest BCUT2D eigenvalue weighted by Gasteiger charge is -2.32. The van der Waals surface area contributed by atoms with Crippen molar-refractivity contribution >= 4 is 74.5 Å². The van der Waals surface area contributed by atoms with E-state index in [0.29, 0.717) is 79.7 Å². The third kappa shape index (κ3) is 9.52. The number of nitrogens with zero attached hydrogens (tertiary/aromatic N) is 5. The number of rotatable bonds is 9. The molecule has 2 N–H and O–H groups in total. The highest BCUT2D eigenvalue weighted by atomic mass is 35.5. The molecule has 12 nitrogen and oxygen atoms in total. The van der Waals surface area contributed by atoms with E-state index in [4.69, 9.17) is 37.7 Å². The van der Waals surface area contributed by atoms with Crippen LogP contribution in [0.5, 0.6) is 0 Å². The summed E-state index contributed by atoms with van der Waals surface area (Å²) in [6.07, 6.45) is 3.50. The highest BCUT2D eigenvalue weighted by Crippen LogP contribution is 2.41. The van der Waals surface area contributed by atoms with Gasteiger partial charge in [0.25, 0.3) is 0 Å². The minimum absolute atomic E-state index is 0.0214. The molecule has 0 radical (unpaired) electrons. The first-order valence-corrected chi connectivity index (χ1v) is 19.1. The van der Waals surface area contributed by atoms with Crippen molar-refractivity contribution < 1.29 is 41.4 Å². The number of nitrogens with one attached hydrogen (secondary N) is 2. The molecule has 2 aliphatic rings. The van der Waals surface area contributed by atoms with Crippen LogP contribution in [0.15, 0.2) is 54.9 Å². The van der Waals surface area contributed by atoms with Crippen LogP contribution in [0.3, 0.4) is 0 Å². The summed E-state index contributed by atoms with van der Waals surface area (Å²) in [7, 11) is 0. The average molecular weight is 845 g/mol. The summed E-state index contributed by atoms with van der Waals surface area (Å²) in [6.45, 7) is 10.1. The molecule has 58 heavy (non-hydrogen) atoms. The minimum Gasteiger partial charge on any atom is -0.465 e. The van der Waals surface area contributed by atoms with Gasteiger partial charge in [-0.15, -0.1) is 0 Å². The number of aromatic nitrogens is 3. The van der Waals surface area contributed by atoms with E-state index in [0.717, 1.165) is 30.9 Å². The second kappa shape index (κ2) is 19.0. The summed E-state index contributed by atoms with van der Waals surface area (Å²) in [4.78, 5) is 41.2. The summed E-state index contributed by atoms with van der Waals surface area (Å²) in [5.74, 6) is -5.40. The smallest absolute Gasteiger partial charge is 0.318 e. The fourth-order valence-electron chi connectivity index (χ4n) is 6.29. The molecular weight excluding hydrogens is 805 g/mol. The number of amides is 1. The molecule has 2 aliphatic heterocycles. The normalized spacial score (nSPS) is 14.7. The Labute approximate surface area is 341 Å². The number of halogens is 6. The number of morpholine rings is 2. The van der Waals surface area contributed by atoms with Crippen LogP contribution in [-0.2, 0) is 23.8 Å². The van der Waals surface area contributed by atoms with Gasteiger partial charge in [0, 0.05) is 50.1 Å². The molecule has 1 unspecified atom stereocenters. The van der Waals surface area contributed by atoms with Crippen LogP contribution in [-0.4, -0.2) is 86.0 Å². The Morgan fingerprint density at radius 3 is 2.21 bits per heavy atom. The van der Waals surface area contributed by atoms with Crippen molar-refractivity contribution in [3.63, 3.8) is 0 Å². The van der Waals surface area contributed by atoms with E-state index in [2.05, 4.69) is 35.1 Å². The molecule has 7 rings (SSSR count). The van der Waals surface area contributed by atoms with Gasteiger partial charge in [-0.2, -0.15) is 0 Å². The Kier molecular flexibility index (Phi) is 13.8. The average Bonchev–Trinajstić information content (AvgIpc) is 3.23. The Morgan fingerprint density at radius 1 is 0.879 bits per heavy atom. The van der Waals surface area contributed by atoms with Crippen LogP contribution in [0, 0.1) is 36.1 Å².